The van der Waals surface area contributed by atoms with Crippen molar-refractivity contribution in [1.29, 1.82) is 0 Å². The summed E-state index contributed by atoms with van der Waals surface area (Å²) in [6, 6.07) is 6.57. The fourth-order valence-corrected chi connectivity index (χ4v) is 5.87. The fraction of sp³-hybridized carbons (Fsp3) is 0.333. The van der Waals surface area contributed by atoms with Crippen LogP contribution in [0.3, 0.4) is 0 Å². The molecule has 1 aromatic carbocycles. The Labute approximate surface area is 187 Å². The molecule has 0 amide bonds. The summed E-state index contributed by atoms with van der Waals surface area (Å²) in [7, 11) is -1.06. The number of fused-ring (bicyclic) bond motifs is 1. The molecule has 2 aromatic rings. The minimum atomic E-state index is -1.06. The SMILES string of the molecule is CC#CCOc1ccc(C#Cc2ccc(F)c([C@H]3N=C(N)[S+](CF)[C@@]4(CF)C[C@@H]34)c2)nc1. The van der Waals surface area contributed by atoms with Gasteiger partial charge in [-0.2, -0.15) is 4.39 Å². The third kappa shape index (κ3) is 4.16. The predicted molar refractivity (Wildman–Crippen MR) is 120 cm³/mol. The van der Waals surface area contributed by atoms with Crippen LogP contribution in [0.4, 0.5) is 13.2 Å². The number of alkyl halides is 2. The third-order valence-corrected chi connectivity index (χ3v) is 8.07. The Hall–Kier alpha value is -3.10. The zero-order chi connectivity index (χ0) is 22.7. The number of pyridine rings is 1. The van der Waals surface area contributed by atoms with Crippen molar-refractivity contribution in [3.63, 3.8) is 0 Å². The second kappa shape index (κ2) is 9.18. The van der Waals surface area contributed by atoms with Crippen molar-refractivity contribution in [2.75, 3.05) is 19.3 Å². The summed E-state index contributed by atoms with van der Waals surface area (Å²) in [5.41, 5.74) is 7.34. The fourth-order valence-electron chi connectivity index (χ4n) is 3.88. The lowest BCUT2D eigenvalue weighted by atomic mass is 9.98. The monoisotopic (exact) mass is 456 g/mol. The van der Waals surface area contributed by atoms with Gasteiger partial charge in [-0.15, -0.1) is 5.92 Å². The summed E-state index contributed by atoms with van der Waals surface area (Å²) in [5.74, 6) is 11.3. The summed E-state index contributed by atoms with van der Waals surface area (Å²) >= 11 is 0. The second-order valence-corrected chi connectivity index (χ2v) is 9.73. The van der Waals surface area contributed by atoms with Crippen molar-refractivity contribution in [1.82, 2.24) is 4.98 Å². The van der Waals surface area contributed by atoms with E-state index in [1.54, 1.807) is 37.4 Å². The molecule has 1 aliphatic heterocycles. The van der Waals surface area contributed by atoms with Crippen LogP contribution in [-0.4, -0.2) is 34.2 Å². The molecule has 32 heavy (non-hydrogen) atoms. The first-order valence-corrected chi connectivity index (χ1v) is 11.4. The van der Waals surface area contributed by atoms with Crippen LogP contribution >= 0.6 is 0 Å². The molecule has 4 rings (SSSR count). The number of hydrogen-bond acceptors (Lipinski definition) is 4. The van der Waals surface area contributed by atoms with E-state index in [-0.39, 0.29) is 17.7 Å². The van der Waals surface area contributed by atoms with Gasteiger partial charge in [0, 0.05) is 23.5 Å². The zero-order valence-electron chi connectivity index (χ0n) is 17.4. The number of halogens is 3. The number of benzene rings is 1. The average Bonchev–Trinajstić information content (AvgIpc) is 3.55. The molecule has 0 saturated heterocycles. The minimum Gasteiger partial charge on any atom is -0.479 e. The molecule has 0 spiro atoms. The summed E-state index contributed by atoms with van der Waals surface area (Å²) in [5, 5.41) is 0.0798. The van der Waals surface area contributed by atoms with Crippen LogP contribution in [0.2, 0.25) is 0 Å². The molecule has 0 radical (unpaired) electrons. The summed E-state index contributed by atoms with van der Waals surface area (Å²) < 4.78 is 46.5. The molecule has 1 saturated carbocycles. The molecular weight excluding hydrogens is 435 g/mol. The number of ether oxygens (including phenoxy) is 1. The second-order valence-electron chi connectivity index (χ2n) is 7.50. The lowest BCUT2D eigenvalue weighted by molar-refractivity contribution is 0.368. The molecule has 0 bridgehead atoms. The van der Waals surface area contributed by atoms with Crippen LogP contribution in [-0.2, 0) is 10.9 Å². The normalized spacial score (nSPS) is 25.4. The van der Waals surface area contributed by atoms with Crippen molar-refractivity contribution in [3.8, 4) is 29.4 Å². The highest BCUT2D eigenvalue weighted by Crippen LogP contribution is 2.61. The first kappa shape index (κ1) is 22.1. The summed E-state index contributed by atoms with van der Waals surface area (Å²) in [4.78, 5) is 8.59. The van der Waals surface area contributed by atoms with Gasteiger partial charge in [-0.3, -0.25) is 0 Å². The van der Waals surface area contributed by atoms with Crippen LogP contribution in [0.5, 0.6) is 5.75 Å². The van der Waals surface area contributed by atoms with E-state index in [9.17, 15) is 13.2 Å². The molecule has 2 N–H and O–H groups in total. The van der Waals surface area contributed by atoms with E-state index < -0.39 is 40.2 Å². The Bertz CT molecular complexity index is 1160. The van der Waals surface area contributed by atoms with Gasteiger partial charge in [-0.1, -0.05) is 11.8 Å². The topological polar surface area (TPSA) is 60.5 Å². The van der Waals surface area contributed by atoms with E-state index >= 15 is 0 Å². The number of aliphatic imine (C=N–C) groups is 1. The summed E-state index contributed by atoms with van der Waals surface area (Å²) in [6.07, 6.45) is 2.01. The van der Waals surface area contributed by atoms with Crippen LogP contribution in [0, 0.1) is 35.4 Å². The van der Waals surface area contributed by atoms with E-state index in [2.05, 4.69) is 33.7 Å². The van der Waals surface area contributed by atoms with E-state index in [0.717, 1.165) is 0 Å². The molecule has 2 heterocycles. The highest BCUT2D eigenvalue weighted by atomic mass is 32.2. The Kier molecular flexibility index (Phi) is 6.34. The molecule has 1 unspecified atom stereocenters. The van der Waals surface area contributed by atoms with Crippen LogP contribution in [0.1, 0.15) is 36.2 Å². The molecule has 164 valence electrons. The van der Waals surface area contributed by atoms with Crippen LogP contribution < -0.4 is 10.5 Å². The van der Waals surface area contributed by atoms with E-state index in [0.29, 0.717) is 29.0 Å². The summed E-state index contributed by atoms with van der Waals surface area (Å²) in [6.45, 7) is 1.34. The highest BCUT2D eigenvalue weighted by molar-refractivity contribution is 8.12. The Morgan fingerprint density at radius 2 is 2.09 bits per heavy atom. The standard InChI is InChI=1S/C24H21F3N3OS/c1-2-3-10-31-18-8-7-17(29-13-18)6-4-16-5-9-21(27)19(11-16)22-20-12-24(20,14-25)32(15-26)23(28)30-22/h5,7-9,11,13,20,22H,10,12,14-15H2,1H3,(H2,28,30)/q+1/t20-,22+,24+,32?/m0/s1. The third-order valence-electron chi connectivity index (χ3n) is 5.68. The molecule has 8 heteroatoms. The van der Waals surface area contributed by atoms with Crippen molar-refractivity contribution in [2.24, 2.45) is 16.6 Å². The molecule has 1 aromatic heterocycles. The maximum absolute atomic E-state index is 14.7. The smallest absolute Gasteiger partial charge is 0.315 e. The molecule has 1 fully saturated rings. The van der Waals surface area contributed by atoms with Gasteiger partial charge < -0.3 is 10.5 Å². The van der Waals surface area contributed by atoms with Crippen molar-refractivity contribution in [2.45, 2.75) is 24.1 Å². The quantitative estimate of drug-likeness (QED) is 0.552. The predicted octanol–water partition coefficient (Wildman–Crippen LogP) is 3.67. The van der Waals surface area contributed by atoms with Gasteiger partial charge in [0.1, 0.15) is 41.4 Å². The van der Waals surface area contributed by atoms with Crippen LogP contribution in [0.25, 0.3) is 0 Å². The van der Waals surface area contributed by atoms with Crippen molar-refractivity contribution < 1.29 is 17.9 Å². The van der Waals surface area contributed by atoms with Gasteiger partial charge in [0.15, 0.2) is 4.75 Å². The zero-order valence-corrected chi connectivity index (χ0v) is 18.2. The average molecular weight is 457 g/mol. The molecule has 4 nitrogen and oxygen atoms in total. The highest BCUT2D eigenvalue weighted by Gasteiger charge is 2.74. The van der Waals surface area contributed by atoms with Gasteiger partial charge in [0.25, 0.3) is 6.01 Å². The maximum atomic E-state index is 14.7. The lowest BCUT2D eigenvalue weighted by Gasteiger charge is -2.23. The number of aromatic nitrogens is 1. The lowest BCUT2D eigenvalue weighted by Crippen LogP contribution is -2.43. The molecular formula is C24H21F3N3OS+. The molecule has 1 aliphatic carbocycles. The van der Waals surface area contributed by atoms with Crippen LogP contribution in [0.15, 0.2) is 41.5 Å². The Morgan fingerprint density at radius 1 is 1.25 bits per heavy atom. The van der Waals surface area contributed by atoms with Gasteiger partial charge in [-0.05, 0) is 43.2 Å². The van der Waals surface area contributed by atoms with E-state index in [1.807, 2.05) is 0 Å². The van der Waals surface area contributed by atoms with Gasteiger partial charge in [-0.25, -0.2) is 18.8 Å². The Morgan fingerprint density at radius 3 is 2.78 bits per heavy atom. The molecule has 2 aliphatic rings. The van der Waals surface area contributed by atoms with Crippen molar-refractivity contribution in [3.05, 3.63) is 59.2 Å². The van der Waals surface area contributed by atoms with Crippen molar-refractivity contribution >= 4 is 16.1 Å². The maximum Gasteiger partial charge on any atom is 0.315 e. The van der Waals surface area contributed by atoms with Gasteiger partial charge >= 0.3 is 5.17 Å². The number of amidine groups is 1. The first-order chi connectivity index (χ1) is 15.5. The van der Waals surface area contributed by atoms with E-state index in [4.69, 9.17) is 10.5 Å². The molecule has 4 atom stereocenters. The number of hydrogen-bond donors (Lipinski definition) is 1. The number of rotatable bonds is 5. The van der Waals surface area contributed by atoms with Gasteiger partial charge in [0.2, 0.25) is 0 Å². The minimum absolute atomic E-state index is 0.0798. The Balaban J connectivity index is 1.56. The van der Waals surface area contributed by atoms with Gasteiger partial charge in [0.05, 0.1) is 12.2 Å². The number of nitrogens with zero attached hydrogens (tertiary/aromatic N) is 2. The van der Waals surface area contributed by atoms with E-state index in [1.165, 1.54) is 6.07 Å². The number of nitrogens with two attached hydrogens (primary N) is 1. The largest absolute Gasteiger partial charge is 0.479 e. The first-order valence-electron chi connectivity index (χ1n) is 9.98.